The van der Waals surface area contributed by atoms with Gasteiger partial charge in [-0.2, -0.15) is 22.1 Å². The first kappa shape index (κ1) is 20.4. The summed E-state index contributed by atoms with van der Waals surface area (Å²) in [5.74, 6) is 0. The molecule has 0 aliphatic carbocycles. The van der Waals surface area contributed by atoms with Crippen LogP contribution in [-0.4, -0.2) is 62.4 Å². The monoisotopic (exact) mass is 401 g/mol. The van der Waals surface area contributed by atoms with E-state index in [1.807, 2.05) is 0 Å². The fraction of sp³-hybridized carbons (Fsp3) is 0.400. The number of likely N-dealkylation sites (N-methyl/N-ethyl adjacent to an activating group) is 1. The minimum atomic E-state index is -3.68. The average Bonchev–Trinajstić information content (AvgIpc) is 3.08. The lowest BCUT2D eigenvalue weighted by Crippen LogP contribution is -2.34. The number of hydrogen-bond acceptors (Lipinski definition) is 5. The number of anilines is 1. The summed E-state index contributed by atoms with van der Waals surface area (Å²) in [5.41, 5.74) is 0.289. The van der Waals surface area contributed by atoms with Gasteiger partial charge in [0.25, 0.3) is 0 Å². The summed E-state index contributed by atoms with van der Waals surface area (Å²) in [4.78, 5) is 0.104. The first-order valence-electron chi connectivity index (χ1n) is 7.94. The van der Waals surface area contributed by atoms with Crippen molar-refractivity contribution in [1.29, 1.82) is 0 Å². The molecule has 144 valence electrons. The van der Waals surface area contributed by atoms with Gasteiger partial charge in [0, 0.05) is 45.3 Å². The van der Waals surface area contributed by atoms with Crippen LogP contribution in [0.4, 0.5) is 5.69 Å². The molecule has 0 amide bonds. The van der Waals surface area contributed by atoms with Crippen LogP contribution in [0.3, 0.4) is 0 Å². The molecule has 0 spiro atoms. The second-order valence-electron chi connectivity index (χ2n) is 5.68. The minimum Gasteiger partial charge on any atom is -0.271 e. The number of hydrogen-bond donors (Lipinski definition) is 1. The van der Waals surface area contributed by atoms with Crippen molar-refractivity contribution in [3.8, 4) is 0 Å². The van der Waals surface area contributed by atoms with Gasteiger partial charge in [-0.25, -0.2) is 8.42 Å². The van der Waals surface area contributed by atoms with Gasteiger partial charge >= 0.3 is 10.2 Å². The quantitative estimate of drug-likeness (QED) is 0.670. The van der Waals surface area contributed by atoms with E-state index in [4.69, 9.17) is 0 Å². The van der Waals surface area contributed by atoms with Crippen LogP contribution in [0.15, 0.2) is 47.6 Å². The van der Waals surface area contributed by atoms with Gasteiger partial charge in [0.15, 0.2) is 0 Å². The average molecular weight is 402 g/mol. The molecule has 2 aromatic rings. The number of nitrogens with one attached hydrogen (secondary N) is 1. The summed E-state index contributed by atoms with van der Waals surface area (Å²) < 4.78 is 55.6. The molecule has 26 heavy (non-hydrogen) atoms. The van der Waals surface area contributed by atoms with Crippen molar-refractivity contribution in [1.82, 2.24) is 18.4 Å². The van der Waals surface area contributed by atoms with Gasteiger partial charge in [-0.3, -0.25) is 9.40 Å². The summed E-state index contributed by atoms with van der Waals surface area (Å²) >= 11 is 0. The van der Waals surface area contributed by atoms with Crippen molar-refractivity contribution in [2.75, 3.05) is 31.9 Å². The highest BCUT2D eigenvalue weighted by Gasteiger charge is 2.23. The van der Waals surface area contributed by atoms with Gasteiger partial charge in [-0.1, -0.05) is 6.92 Å². The molecule has 1 N–H and O–H groups in total. The molecule has 0 saturated heterocycles. The molecule has 2 rings (SSSR count). The Labute approximate surface area is 154 Å². The SMILES string of the molecule is CCN(CCn1cccn1)S(=O)(=O)c1ccc(NS(=O)(=O)N(C)C)cc1. The highest BCUT2D eigenvalue weighted by molar-refractivity contribution is 7.90. The van der Waals surface area contributed by atoms with E-state index in [1.54, 1.807) is 30.1 Å². The smallest absolute Gasteiger partial charge is 0.271 e. The van der Waals surface area contributed by atoms with Crippen LogP contribution in [0.25, 0.3) is 0 Å². The van der Waals surface area contributed by atoms with Crippen LogP contribution in [0, 0.1) is 0 Å². The van der Waals surface area contributed by atoms with E-state index in [0.717, 1.165) is 4.31 Å². The molecule has 1 heterocycles. The lowest BCUT2D eigenvalue weighted by molar-refractivity contribution is 0.397. The van der Waals surface area contributed by atoms with Crippen molar-refractivity contribution in [3.05, 3.63) is 42.7 Å². The molecular formula is C15H23N5O4S2. The van der Waals surface area contributed by atoms with Gasteiger partial charge in [0.1, 0.15) is 0 Å². The lowest BCUT2D eigenvalue weighted by Gasteiger charge is -2.21. The molecule has 0 aliphatic rings. The second-order valence-corrected chi connectivity index (χ2v) is 9.50. The Balaban J connectivity index is 2.14. The van der Waals surface area contributed by atoms with E-state index < -0.39 is 20.2 Å². The first-order chi connectivity index (χ1) is 12.2. The molecule has 9 nitrogen and oxygen atoms in total. The van der Waals surface area contributed by atoms with E-state index >= 15 is 0 Å². The van der Waals surface area contributed by atoms with Crippen molar-refractivity contribution < 1.29 is 16.8 Å². The second kappa shape index (κ2) is 8.16. The Morgan fingerprint density at radius 3 is 2.27 bits per heavy atom. The molecule has 0 saturated carbocycles. The Hall–Kier alpha value is -1.95. The van der Waals surface area contributed by atoms with E-state index in [0.29, 0.717) is 13.1 Å². The number of benzene rings is 1. The number of aromatic nitrogens is 2. The third kappa shape index (κ3) is 4.81. The zero-order chi connectivity index (χ0) is 19.4. The topological polar surface area (TPSA) is 105 Å². The van der Waals surface area contributed by atoms with Gasteiger partial charge in [-0.05, 0) is 30.3 Å². The molecule has 0 unspecified atom stereocenters. The molecular weight excluding hydrogens is 378 g/mol. The molecule has 1 aromatic heterocycles. The Bertz CT molecular complexity index is 907. The van der Waals surface area contributed by atoms with Crippen molar-refractivity contribution >= 4 is 25.9 Å². The van der Waals surface area contributed by atoms with Crippen LogP contribution in [-0.2, 0) is 26.8 Å². The van der Waals surface area contributed by atoms with Gasteiger partial charge < -0.3 is 0 Å². The predicted molar refractivity (Wildman–Crippen MR) is 99.3 cm³/mol. The van der Waals surface area contributed by atoms with E-state index in [-0.39, 0.29) is 17.1 Å². The summed E-state index contributed by atoms with van der Waals surface area (Å²) in [6.07, 6.45) is 3.41. The summed E-state index contributed by atoms with van der Waals surface area (Å²) in [5, 5.41) is 4.06. The number of nitrogens with zero attached hydrogens (tertiary/aromatic N) is 4. The maximum absolute atomic E-state index is 12.8. The van der Waals surface area contributed by atoms with Crippen LogP contribution >= 0.6 is 0 Å². The van der Waals surface area contributed by atoms with Crippen molar-refractivity contribution in [3.63, 3.8) is 0 Å². The maximum atomic E-state index is 12.8. The fourth-order valence-corrected chi connectivity index (χ4v) is 4.24. The number of sulfonamides is 1. The third-order valence-electron chi connectivity index (χ3n) is 3.71. The Kier molecular flexibility index (Phi) is 6.39. The van der Waals surface area contributed by atoms with Crippen molar-refractivity contribution in [2.24, 2.45) is 0 Å². The molecule has 0 radical (unpaired) electrons. The minimum absolute atomic E-state index is 0.104. The van der Waals surface area contributed by atoms with Crippen LogP contribution in [0.1, 0.15) is 6.92 Å². The van der Waals surface area contributed by atoms with E-state index in [1.165, 1.54) is 42.7 Å². The van der Waals surface area contributed by atoms with Crippen molar-refractivity contribution in [2.45, 2.75) is 18.4 Å². The van der Waals surface area contributed by atoms with Gasteiger partial charge in [-0.15, -0.1) is 0 Å². The largest absolute Gasteiger partial charge is 0.301 e. The lowest BCUT2D eigenvalue weighted by atomic mass is 10.3. The highest BCUT2D eigenvalue weighted by Crippen LogP contribution is 2.19. The molecule has 0 aliphatic heterocycles. The molecule has 0 bridgehead atoms. The van der Waals surface area contributed by atoms with E-state index in [9.17, 15) is 16.8 Å². The Morgan fingerprint density at radius 2 is 1.77 bits per heavy atom. The summed E-state index contributed by atoms with van der Waals surface area (Å²) in [6.45, 7) is 2.81. The maximum Gasteiger partial charge on any atom is 0.301 e. The van der Waals surface area contributed by atoms with Crippen LogP contribution in [0.2, 0.25) is 0 Å². The van der Waals surface area contributed by atoms with Crippen LogP contribution in [0.5, 0.6) is 0 Å². The fourth-order valence-electron chi connectivity index (χ4n) is 2.18. The molecule has 1 aromatic carbocycles. The van der Waals surface area contributed by atoms with E-state index in [2.05, 4.69) is 9.82 Å². The molecule has 0 fully saturated rings. The first-order valence-corrected chi connectivity index (χ1v) is 10.8. The van der Waals surface area contributed by atoms with Gasteiger partial charge in [0.05, 0.1) is 11.4 Å². The number of rotatable bonds is 9. The molecule has 11 heteroatoms. The van der Waals surface area contributed by atoms with Gasteiger partial charge in [0.2, 0.25) is 10.0 Å². The third-order valence-corrected chi connectivity index (χ3v) is 7.15. The summed E-state index contributed by atoms with van der Waals surface area (Å²) in [6, 6.07) is 7.40. The zero-order valence-electron chi connectivity index (χ0n) is 14.9. The Morgan fingerprint density at radius 1 is 1.12 bits per heavy atom. The highest BCUT2D eigenvalue weighted by atomic mass is 32.2. The summed E-state index contributed by atoms with van der Waals surface area (Å²) in [7, 11) is -4.51. The standard InChI is InChI=1S/C15H23N5O4S2/c1-4-20(13-12-19-11-5-10-16-19)25(21,22)15-8-6-14(7-9-15)17-26(23,24)18(2)3/h5-11,17H,4,12-13H2,1-3H3. The molecule has 0 atom stereocenters. The predicted octanol–water partition coefficient (Wildman–Crippen LogP) is 0.812. The zero-order valence-corrected chi connectivity index (χ0v) is 16.5. The van der Waals surface area contributed by atoms with Crippen LogP contribution < -0.4 is 4.72 Å². The normalized spacial score (nSPS) is 12.7.